The highest BCUT2D eigenvalue weighted by Crippen LogP contribution is 1.81. The summed E-state index contributed by atoms with van der Waals surface area (Å²) in [6.07, 6.45) is 6.71. The lowest BCUT2D eigenvalue weighted by molar-refractivity contribution is -0.325. The van der Waals surface area contributed by atoms with Crippen LogP contribution in [0.3, 0.4) is 0 Å². The van der Waals surface area contributed by atoms with E-state index >= 15 is 0 Å². The summed E-state index contributed by atoms with van der Waals surface area (Å²) in [5.41, 5.74) is 3.25. The highest BCUT2D eigenvalue weighted by atomic mass is 14.4. The molecule has 3 N–H and O–H groups in total. The van der Waals surface area contributed by atoms with Crippen molar-refractivity contribution in [3.05, 3.63) is 12.2 Å². The molecule has 0 spiro atoms. The predicted octanol–water partition coefficient (Wildman–Crippen LogP) is 1.22. The Morgan fingerprint density at radius 2 is 1.25 bits per heavy atom. The summed E-state index contributed by atoms with van der Waals surface area (Å²) in [5, 5.41) is 0. The Morgan fingerprint density at radius 1 is 1.00 bits per heavy atom. The minimum Gasteiger partial charge on any atom is -0.360 e. The largest absolute Gasteiger partial charge is 0.360 e. The molecule has 0 aromatic heterocycles. The van der Waals surface area contributed by atoms with Crippen LogP contribution in [0.25, 0.3) is 0 Å². The molecule has 0 heterocycles. The standard InChI is InChI=1S/C6H12.CH5N/c1-3-5-6-4-2;1-2/h5-6H,3-4H2,1-2H3;2H2,1H3/p+1/b6-5-;. The molecule has 0 bridgehead atoms. The van der Waals surface area contributed by atoms with Gasteiger partial charge in [-0.25, -0.2) is 0 Å². The highest BCUT2D eigenvalue weighted by molar-refractivity contribution is 4.77. The van der Waals surface area contributed by atoms with Crippen LogP contribution in [0.15, 0.2) is 12.2 Å². The van der Waals surface area contributed by atoms with Gasteiger partial charge in [0.25, 0.3) is 0 Å². The molecular formula is C7H18N+. The maximum Gasteiger partial charge on any atom is 0.0634 e. The molecule has 0 rings (SSSR count). The summed E-state index contributed by atoms with van der Waals surface area (Å²) < 4.78 is 0. The normalized spacial score (nSPS) is 8.50. The molecule has 0 aromatic rings. The Kier molecular flexibility index (Phi) is 21.1. The minimum atomic E-state index is 1.17. The van der Waals surface area contributed by atoms with Gasteiger partial charge >= 0.3 is 0 Å². The lowest BCUT2D eigenvalue weighted by Gasteiger charge is -1.72. The fourth-order valence-corrected chi connectivity index (χ4v) is 0.333. The lowest BCUT2D eigenvalue weighted by atomic mass is 10.4. The molecule has 0 fully saturated rings. The minimum absolute atomic E-state index is 1.17. The molecule has 0 amide bonds. The van der Waals surface area contributed by atoms with Crippen LogP contribution in [0.1, 0.15) is 26.7 Å². The first-order chi connectivity index (χ1) is 3.91. The maximum absolute atomic E-state index is 3.25. The van der Waals surface area contributed by atoms with Crippen LogP contribution in [0.2, 0.25) is 0 Å². The third-order valence-electron chi connectivity index (χ3n) is 0.638. The molecule has 0 saturated carbocycles. The van der Waals surface area contributed by atoms with Gasteiger partial charge in [0.2, 0.25) is 0 Å². The summed E-state index contributed by atoms with van der Waals surface area (Å²) in [5.74, 6) is 0. The molecule has 50 valence electrons. The van der Waals surface area contributed by atoms with E-state index in [4.69, 9.17) is 0 Å². The van der Waals surface area contributed by atoms with E-state index < -0.39 is 0 Å². The van der Waals surface area contributed by atoms with Gasteiger partial charge in [-0.05, 0) is 12.8 Å². The fraction of sp³-hybridized carbons (Fsp3) is 0.714. The number of allylic oxidation sites excluding steroid dienone is 2. The van der Waals surface area contributed by atoms with Crippen molar-refractivity contribution in [1.29, 1.82) is 0 Å². The SMILES string of the molecule is CC/C=C\CC.C[NH3+]. The quantitative estimate of drug-likeness (QED) is 0.525. The van der Waals surface area contributed by atoms with Gasteiger partial charge in [-0.1, -0.05) is 26.0 Å². The summed E-state index contributed by atoms with van der Waals surface area (Å²) in [7, 11) is 1.75. The Balaban J connectivity index is 0. The summed E-state index contributed by atoms with van der Waals surface area (Å²) >= 11 is 0. The molecule has 0 aliphatic heterocycles. The number of hydrogen-bond acceptors (Lipinski definition) is 0. The van der Waals surface area contributed by atoms with Crippen LogP contribution < -0.4 is 5.73 Å². The third-order valence-corrected chi connectivity index (χ3v) is 0.638. The van der Waals surface area contributed by atoms with E-state index in [1.54, 1.807) is 7.05 Å². The zero-order valence-electron chi connectivity index (χ0n) is 6.28. The van der Waals surface area contributed by atoms with Gasteiger partial charge in [0.1, 0.15) is 0 Å². The zero-order valence-corrected chi connectivity index (χ0v) is 6.28. The second-order valence-corrected chi connectivity index (χ2v) is 1.29. The van der Waals surface area contributed by atoms with E-state index in [1.165, 1.54) is 12.8 Å². The number of hydrogen-bond donors (Lipinski definition) is 1. The van der Waals surface area contributed by atoms with Crippen LogP contribution in [-0.2, 0) is 0 Å². The van der Waals surface area contributed by atoms with Crippen molar-refractivity contribution < 1.29 is 5.73 Å². The Bertz CT molecular complexity index is 33.7. The topological polar surface area (TPSA) is 27.6 Å². The van der Waals surface area contributed by atoms with E-state index in [-0.39, 0.29) is 0 Å². The van der Waals surface area contributed by atoms with Gasteiger partial charge < -0.3 is 5.73 Å². The Labute approximate surface area is 52.6 Å². The van der Waals surface area contributed by atoms with E-state index in [0.29, 0.717) is 0 Å². The molecule has 0 saturated heterocycles. The molecule has 0 aromatic carbocycles. The van der Waals surface area contributed by atoms with Crippen LogP contribution >= 0.6 is 0 Å². The van der Waals surface area contributed by atoms with Gasteiger partial charge in [0.05, 0.1) is 7.05 Å². The predicted molar refractivity (Wildman–Crippen MR) is 38.5 cm³/mol. The van der Waals surface area contributed by atoms with Crippen molar-refractivity contribution in [3.8, 4) is 0 Å². The van der Waals surface area contributed by atoms with E-state index in [0.717, 1.165) is 0 Å². The molecule has 1 heteroatoms. The van der Waals surface area contributed by atoms with Gasteiger partial charge in [-0.3, -0.25) is 0 Å². The van der Waals surface area contributed by atoms with Crippen LogP contribution in [0.4, 0.5) is 0 Å². The van der Waals surface area contributed by atoms with E-state index in [2.05, 4.69) is 31.7 Å². The maximum atomic E-state index is 3.25. The second kappa shape index (κ2) is 15.9. The molecule has 0 unspecified atom stereocenters. The average molecular weight is 116 g/mol. The Morgan fingerprint density at radius 3 is 1.38 bits per heavy atom. The monoisotopic (exact) mass is 116 g/mol. The van der Waals surface area contributed by atoms with Crippen molar-refractivity contribution in [3.63, 3.8) is 0 Å². The first-order valence-electron chi connectivity index (χ1n) is 3.27. The van der Waals surface area contributed by atoms with Crippen molar-refractivity contribution in [1.82, 2.24) is 0 Å². The first-order valence-corrected chi connectivity index (χ1v) is 3.27. The Hall–Kier alpha value is -0.300. The number of quaternary nitrogens is 1. The van der Waals surface area contributed by atoms with Crippen molar-refractivity contribution >= 4 is 0 Å². The molecule has 0 atom stereocenters. The van der Waals surface area contributed by atoms with Gasteiger partial charge in [-0.2, -0.15) is 0 Å². The average Bonchev–Trinajstić information content (AvgIpc) is 1.88. The summed E-state index contributed by atoms with van der Waals surface area (Å²) in [4.78, 5) is 0. The molecular weight excluding hydrogens is 98.1 g/mol. The molecule has 0 radical (unpaired) electrons. The fourth-order valence-electron chi connectivity index (χ4n) is 0.333. The molecule has 8 heavy (non-hydrogen) atoms. The third kappa shape index (κ3) is 17.3. The smallest absolute Gasteiger partial charge is 0.0634 e. The molecule has 1 nitrogen and oxygen atoms in total. The summed E-state index contributed by atoms with van der Waals surface area (Å²) in [6.45, 7) is 4.29. The molecule has 0 aliphatic rings. The highest BCUT2D eigenvalue weighted by Gasteiger charge is 1.60. The second-order valence-electron chi connectivity index (χ2n) is 1.29. The van der Waals surface area contributed by atoms with Gasteiger partial charge in [0.15, 0.2) is 0 Å². The van der Waals surface area contributed by atoms with Crippen molar-refractivity contribution in [2.45, 2.75) is 26.7 Å². The summed E-state index contributed by atoms with van der Waals surface area (Å²) in [6, 6.07) is 0. The first kappa shape index (κ1) is 10.6. The van der Waals surface area contributed by atoms with Gasteiger partial charge in [0, 0.05) is 0 Å². The molecule has 0 aliphatic carbocycles. The van der Waals surface area contributed by atoms with Crippen molar-refractivity contribution in [2.24, 2.45) is 0 Å². The van der Waals surface area contributed by atoms with E-state index in [1.807, 2.05) is 0 Å². The van der Waals surface area contributed by atoms with E-state index in [9.17, 15) is 0 Å². The van der Waals surface area contributed by atoms with Crippen LogP contribution in [0, 0.1) is 0 Å². The number of rotatable bonds is 2. The zero-order chi connectivity index (χ0) is 6.83. The van der Waals surface area contributed by atoms with Crippen molar-refractivity contribution in [2.75, 3.05) is 7.05 Å². The van der Waals surface area contributed by atoms with Crippen LogP contribution in [0.5, 0.6) is 0 Å². The van der Waals surface area contributed by atoms with Gasteiger partial charge in [-0.15, -0.1) is 0 Å². The van der Waals surface area contributed by atoms with Crippen LogP contribution in [-0.4, -0.2) is 7.05 Å². The lowest BCUT2D eigenvalue weighted by Crippen LogP contribution is -2.40.